The Morgan fingerprint density at radius 2 is 1.90 bits per heavy atom. The van der Waals surface area contributed by atoms with Crippen molar-refractivity contribution in [1.82, 2.24) is 14.9 Å². The summed E-state index contributed by atoms with van der Waals surface area (Å²) in [5.74, 6) is 1.05. The first-order valence-corrected chi connectivity index (χ1v) is 11.6. The lowest BCUT2D eigenvalue weighted by Gasteiger charge is -2.41. The number of morpholine rings is 1. The first kappa shape index (κ1) is 20.0. The fraction of sp³-hybridized carbons (Fsp3) is 0.773. The van der Waals surface area contributed by atoms with E-state index in [1.165, 1.54) is 0 Å². The molecule has 0 bridgehead atoms. The van der Waals surface area contributed by atoms with Crippen molar-refractivity contribution in [3.8, 4) is 0 Å². The van der Waals surface area contributed by atoms with Gasteiger partial charge in [-0.25, -0.2) is 4.98 Å². The van der Waals surface area contributed by atoms with Gasteiger partial charge in [-0.05, 0) is 44.9 Å². The monoisotopic (exact) mass is 415 g/mol. The molecule has 1 saturated carbocycles. The molecular weight excluding hydrogens is 382 g/mol. The Morgan fingerprint density at radius 3 is 2.63 bits per heavy atom. The molecule has 0 unspecified atom stereocenters. The molecule has 8 nitrogen and oxygen atoms in total. The Balaban J connectivity index is 1.32. The average Bonchev–Trinajstić information content (AvgIpc) is 3.13. The summed E-state index contributed by atoms with van der Waals surface area (Å²) in [6, 6.07) is 0.167. The molecule has 2 saturated heterocycles. The van der Waals surface area contributed by atoms with Crippen molar-refractivity contribution < 1.29 is 9.53 Å². The van der Waals surface area contributed by atoms with Crippen LogP contribution in [0.25, 0.3) is 0 Å². The minimum atomic E-state index is -0.0651. The molecule has 164 valence electrons. The summed E-state index contributed by atoms with van der Waals surface area (Å²) in [6.45, 7) is 4.33. The minimum absolute atomic E-state index is 0.00747. The van der Waals surface area contributed by atoms with Crippen molar-refractivity contribution in [2.45, 2.75) is 62.8 Å². The number of H-pyrrole nitrogens is 1. The van der Waals surface area contributed by atoms with Crippen molar-refractivity contribution in [2.75, 3.05) is 44.3 Å². The highest BCUT2D eigenvalue weighted by Crippen LogP contribution is 2.45. The number of hydrogen-bond acceptors (Lipinski definition) is 6. The zero-order chi connectivity index (χ0) is 20.7. The molecular formula is C22H33N5O3. The Morgan fingerprint density at radius 1 is 1.13 bits per heavy atom. The van der Waals surface area contributed by atoms with Gasteiger partial charge in [0, 0.05) is 49.1 Å². The maximum Gasteiger partial charge on any atom is 0.255 e. The van der Waals surface area contributed by atoms with Gasteiger partial charge in [-0.2, -0.15) is 0 Å². The van der Waals surface area contributed by atoms with E-state index < -0.39 is 0 Å². The molecule has 1 amide bonds. The number of fused-ring (bicyclic) bond motifs is 2. The second-order valence-electron chi connectivity index (χ2n) is 9.55. The fourth-order valence-electron chi connectivity index (χ4n) is 5.92. The van der Waals surface area contributed by atoms with E-state index in [0.29, 0.717) is 19.2 Å². The van der Waals surface area contributed by atoms with Gasteiger partial charge in [-0.3, -0.25) is 14.6 Å². The number of rotatable bonds is 2. The molecule has 0 aromatic carbocycles. The standard InChI is InChI=1S/C22H33N5O3/c23-16-3-1-2-15(14-16)20(29)26-8-6-22(7-9-26)5-4-17-18(22)24-21(25-19(17)28)27-10-12-30-13-11-27/h15-16H,1-14,23H2,(H,24,25,28)/t15-,16+/m1/s1. The number of nitrogens with zero attached hydrogens (tertiary/aromatic N) is 3. The van der Waals surface area contributed by atoms with E-state index in [1.54, 1.807) is 0 Å². The predicted octanol–water partition coefficient (Wildman–Crippen LogP) is 0.930. The normalized spacial score (nSPS) is 28.6. The number of likely N-dealkylation sites (tertiary alicyclic amines) is 1. The van der Waals surface area contributed by atoms with Crippen LogP contribution >= 0.6 is 0 Å². The molecule has 3 N–H and O–H groups in total. The van der Waals surface area contributed by atoms with Crippen LogP contribution in [0.15, 0.2) is 4.79 Å². The van der Waals surface area contributed by atoms with Gasteiger partial charge in [0.25, 0.3) is 5.56 Å². The van der Waals surface area contributed by atoms with Crippen LogP contribution < -0.4 is 16.2 Å². The van der Waals surface area contributed by atoms with Gasteiger partial charge >= 0.3 is 0 Å². The highest BCUT2D eigenvalue weighted by atomic mass is 16.5. The summed E-state index contributed by atoms with van der Waals surface area (Å²) < 4.78 is 5.44. The van der Waals surface area contributed by atoms with Crippen molar-refractivity contribution in [1.29, 1.82) is 0 Å². The zero-order valence-electron chi connectivity index (χ0n) is 17.7. The number of hydrogen-bond donors (Lipinski definition) is 2. The summed E-state index contributed by atoms with van der Waals surface area (Å²) in [5.41, 5.74) is 7.89. The largest absolute Gasteiger partial charge is 0.378 e. The quantitative estimate of drug-likeness (QED) is 0.745. The van der Waals surface area contributed by atoms with Crippen LogP contribution in [0.1, 0.15) is 56.2 Å². The second kappa shape index (κ2) is 7.96. The smallest absolute Gasteiger partial charge is 0.255 e. The van der Waals surface area contributed by atoms with Gasteiger partial charge < -0.3 is 20.3 Å². The van der Waals surface area contributed by atoms with Crippen molar-refractivity contribution in [3.05, 3.63) is 21.6 Å². The van der Waals surface area contributed by atoms with Crippen LogP contribution in [-0.2, 0) is 21.4 Å². The summed E-state index contributed by atoms with van der Waals surface area (Å²) in [6.07, 6.45) is 7.41. The number of nitrogens with two attached hydrogens (primary N) is 1. The van der Waals surface area contributed by atoms with E-state index >= 15 is 0 Å². The molecule has 8 heteroatoms. The number of ether oxygens (including phenoxy) is 1. The van der Waals surface area contributed by atoms with Crippen LogP contribution in [0.3, 0.4) is 0 Å². The average molecular weight is 416 g/mol. The van der Waals surface area contributed by atoms with Crippen LogP contribution in [0, 0.1) is 5.92 Å². The molecule has 2 atom stereocenters. The highest BCUT2D eigenvalue weighted by molar-refractivity contribution is 5.79. The summed E-state index contributed by atoms with van der Waals surface area (Å²) in [7, 11) is 0. The van der Waals surface area contributed by atoms with E-state index in [4.69, 9.17) is 15.5 Å². The van der Waals surface area contributed by atoms with Gasteiger partial charge in [0.05, 0.1) is 18.9 Å². The lowest BCUT2D eigenvalue weighted by Crippen LogP contribution is -2.48. The highest BCUT2D eigenvalue weighted by Gasteiger charge is 2.45. The zero-order valence-corrected chi connectivity index (χ0v) is 17.7. The predicted molar refractivity (Wildman–Crippen MR) is 114 cm³/mol. The lowest BCUT2D eigenvalue weighted by molar-refractivity contribution is -0.138. The van der Waals surface area contributed by atoms with Crippen LogP contribution in [0.4, 0.5) is 5.95 Å². The van der Waals surface area contributed by atoms with Gasteiger partial charge in [0.15, 0.2) is 0 Å². The SMILES string of the molecule is N[C@H]1CCC[C@@H](C(=O)N2CCC3(CCc4c3nc(N3CCOCC3)[nH]c4=O)CC2)C1. The topological polar surface area (TPSA) is 105 Å². The first-order valence-electron chi connectivity index (χ1n) is 11.6. The van der Waals surface area contributed by atoms with E-state index in [2.05, 4.69) is 9.88 Å². The van der Waals surface area contributed by atoms with E-state index in [-0.39, 0.29) is 28.8 Å². The Hall–Kier alpha value is -1.93. The maximum atomic E-state index is 13.0. The summed E-state index contributed by atoms with van der Waals surface area (Å²) in [4.78, 5) is 38.0. The van der Waals surface area contributed by atoms with Gasteiger partial charge in [-0.15, -0.1) is 0 Å². The van der Waals surface area contributed by atoms with E-state index in [0.717, 1.165) is 88.8 Å². The number of carbonyl (C=O) groups excluding carboxylic acids is 1. The third-order valence-corrected chi connectivity index (χ3v) is 7.77. The van der Waals surface area contributed by atoms with E-state index in [9.17, 15) is 9.59 Å². The summed E-state index contributed by atoms with van der Waals surface area (Å²) >= 11 is 0. The molecule has 1 aromatic rings. The molecule has 4 aliphatic rings. The van der Waals surface area contributed by atoms with Crippen LogP contribution in [0.2, 0.25) is 0 Å². The van der Waals surface area contributed by atoms with Gasteiger partial charge in [-0.1, -0.05) is 6.42 Å². The third-order valence-electron chi connectivity index (χ3n) is 7.77. The fourth-order valence-corrected chi connectivity index (χ4v) is 5.92. The number of anilines is 1. The Bertz CT molecular complexity index is 855. The van der Waals surface area contributed by atoms with E-state index in [1.807, 2.05) is 4.90 Å². The number of carbonyl (C=O) groups is 1. The molecule has 1 aromatic heterocycles. The van der Waals surface area contributed by atoms with Gasteiger partial charge in [0.2, 0.25) is 11.9 Å². The number of piperidine rings is 1. The van der Waals surface area contributed by atoms with Crippen LogP contribution in [-0.4, -0.2) is 66.2 Å². The molecule has 2 aliphatic carbocycles. The number of nitrogens with one attached hydrogen (secondary N) is 1. The third kappa shape index (κ3) is 3.54. The molecule has 2 aliphatic heterocycles. The number of aromatic nitrogens is 2. The first-order chi connectivity index (χ1) is 14.6. The number of amides is 1. The molecule has 1 spiro atoms. The number of aromatic amines is 1. The minimum Gasteiger partial charge on any atom is -0.378 e. The molecule has 3 fully saturated rings. The molecule has 3 heterocycles. The maximum absolute atomic E-state index is 13.0. The van der Waals surface area contributed by atoms with Crippen molar-refractivity contribution in [3.63, 3.8) is 0 Å². The Kier molecular flexibility index (Phi) is 5.31. The summed E-state index contributed by atoms with van der Waals surface area (Å²) in [5, 5.41) is 0. The lowest BCUT2D eigenvalue weighted by atomic mass is 9.75. The van der Waals surface area contributed by atoms with Crippen molar-refractivity contribution >= 4 is 11.9 Å². The second-order valence-corrected chi connectivity index (χ2v) is 9.55. The molecule has 5 rings (SSSR count). The van der Waals surface area contributed by atoms with Crippen molar-refractivity contribution in [2.24, 2.45) is 11.7 Å². The molecule has 30 heavy (non-hydrogen) atoms. The van der Waals surface area contributed by atoms with Gasteiger partial charge in [0.1, 0.15) is 0 Å². The van der Waals surface area contributed by atoms with Crippen LogP contribution in [0.5, 0.6) is 0 Å². The Labute approximate surface area is 177 Å². The molecule has 0 radical (unpaired) electrons.